The van der Waals surface area contributed by atoms with Crippen molar-refractivity contribution in [3.63, 3.8) is 0 Å². The Kier molecular flexibility index (Phi) is 5.46. The van der Waals surface area contributed by atoms with Crippen LogP contribution in [0.3, 0.4) is 0 Å². The van der Waals surface area contributed by atoms with Crippen LogP contribution in [0.1, 0.15) is 37.3 Å². The van der Waals surface area contributed by atoms with Gasteiger partial charge in [0, 0.05) is 11.5 Å². The first-order valence-electron chi connectivity index (χ1n) is 5.94. The molecular weight excluding hydrogens is 218 g/mol. The van der Waals surface area contributed by atoms with E-state index in [2.05, 4.69) is 44.5 Å². The van der Waals surface area contributed by atoms with Crippen molar-refractivity contribution >= 4 is 11.3 Å². The third kappa shape index (κ3) is 3.06. The lowest BCUT2D eigenvalue weighted by Crippen LogP contribution is -2.35. The van der Waals surface area contributed by atoms with Crippen molar-refractivity contribution in [3.05, 3.63) is 21.9 Å². The van der Waals surface area contributed by atoms with E-state index in [9.17, 15) is 0 Å². The van der Waals surface area contributed by atoms with Crippen LogP contribution in [0, 0.1) is 12.8 Å². The first kappa shape index (κ1) is 13.7. The van der Waals surface area contributed by atoms with Crippen LogP contribution in [-0.2, 0) is 4.74 Å². The molecule has 1 aromatic rings. The van der Waals surface area contributed by atoms with Crippen LogP contribution in [0.15, 0.2) is 11.4 Å². The molecule has 2 atom stereocenters. The number of rotatable bonds is 6. The van der Waals surface area contributed by atoms with Crippen molar-refractivity contribution in [1.29, 1.82) is 0 Å². The van der Waals surface area contributed by atoms with Crippen LogP contribution in [-0.4, -0.2) is 19.8 Å². The Morgan fingerprint density at radius 3 is 2.50 bits per heavy atom. The van der Waals surface area contributed by atoms with Crippen LogP contribution in [0.2, 0.25) is 0 Å². The van der Waals surface area contributed by atoms with Gasteiger partial charge in [0.15, 0.2) is 0 Å². The molecule has 0 amide bonds. The van der Waals surface area contributed by atoms with Crippen molar-refractivity contribution < 1.29 is 4.74 Å². The SMILES string of the molecule is CCOC(C(C)C)C(NC)c1sccc1C. The summed E-state index contributed by atoms with van der Waals surface area (Å²) in [4.78, 5) is 1.40. The second-order valence-electron chi connectivity index (χ2n) is 4.40. The summed E-state index contributed by atoms with van der Waals surface area (Å²) in [5, 5.41) is 5.55. The average molecular weight is 241 g/mol. The zero-order chi connectivity index (χ0) is 12.1. The van der Waals surface area contributed by atoms with Gasteiger partial charge in [0.1, 0.15) is 0 Å². The minimum Gasteiger partial charge on any atom is -0.376 e. The van der Waals surface area contributed by atoms with E-state index in [1.54, 1.807) is 0 Å². The molecule has 2 unspecified atom stereocenters. The fourth-order valence-corrected chi connectivity index (χ4v) is 3.08. The van der Waals surface area contributed by atoms with Crippen LogP contribution < -0.4 is 5.32 Å². The average Bonchev–Trinajstić information content (AvgIpc) is 2.65. The summed E-state index contributed by atoms with van der Waals surface area (Å²) in [6, 6.07) is 2.48. The molecule has 0 aromatic carbocycles. The fourth-order valence-electron chi connectivity index (χ4n) is 2.01. The lowest BCUT2D eigenvalue weighted by atomic mass is 9.97. The van der Waals surface area contributed by atoms with Gasteiger partial charge in [-0.1, -0.05) is 13.8 Å². The first-order chi connectivity index (χ1) is 7.61. The Labute approximate surface area is 103 Å². The molecule has 0 spiro atoms. The number of nitrogens with one attached hydrogen (secondary N) is 1. The van der Waals surface area contributed by atoms with E-state index in [-0.39, 0.29) is 6.10 Å². The molecule has 0 fully saturated rings. The van der Waals surface area contributed by atoms with Crippen LogP contribution in [0.4, 0.5) is 0 Å². The monoisotopic (exact) mass is 241 g/mol. The van der Waals surface area contributed by atoms with E-state index < -0.39 is 0 Å². The predicted octanol–water partition coefficient (Wildman–Crippen LogP) is 3.38. The van der Waals surface area contributed by atoms with Gasteiger partial charge >= 0.3 is 0 Å². The largest absolute Gasteiger partial charge is 0.376 e. The van der Waals surface area contributed by atoms with Crippen LogP contribution >= 0.6 is 11.3 Å². The summed E-state index contributed by atoms with van der Waals surface area (Å²) in [5.41, 5.74) is 1.36. The Bertz CT molecular complexity index is 309. The number of ether oxygens (including phenoxy) is 1. The maximum atomic E-state index is 5.88. The predicted molar refractivity (Wildman–Crippen MR) is 71.1 cm³/mol. The maximum absolute atomic E-state index is 5.88. The van der Waals surface area contributed by atoms with E-state index in [4.69, 9.17) is 4.74 Å². The van der Waals surface area contributed by atoms with E-state index in [0.29, 0.717) is 12.0 Å². The number of hydrogen-bond acceptors (Lipinski definition) is 3. The minimum absolute atomic E-state index is 0.243. The minimum atomic E-state index is 0.243. The van der Waals surface area contributed by atoms with Gasteiger partial charge in [-0.3, -0.25) is 0 Å². The van der Waals surface area contributed by atoms with Crippen LogP contribution in [0.25, 0.3) is 0 Å². The van der Waals surface area contributed by atoms with Gasteiger partial charge in [0.05, 0.1) is 12.1 Å². The highest BCUT2D eigenvalue weighted by Crippen LogP contribution is 2.30. The third-order valence-electron chi connectivity index (χ3n) is 2.84. The molecule has 1 N–H and O–H groups in total. The number of hydrogen-bond donors (Lipinski definition) is 1. The Hall–Kier alpha value is -0.380. The molecular formula is C13H23NOS. The highest BCUT2D eigenvalue weighted by Gasteiger charge is 2.27. The van der Waals surface area contributed by atoms with Gasteiger partial charge in [-0.2, -0.15) is 0 Å². The maximum Gasteiger partial charge on any atom is 0.0800 e. The Morgan fingerprint density at radius 1 is 1.44 bits per heavy atom. The molecule has 0 aliphatic carbocycles. The van der Waals surface area contributed by atoms with E-state index in [0.717, 1.165) is 6.61 Å². The summed E-state index contributed by atoms with van der Waals surface area (Å²) in [6.07, 6.45) is 0.243. The molecule has 0 aliphatic heterocycles. The summed E-state index contributed by atoms with van der Waals surface area (Å²) >= 11 is 1.81. The summed E-state index contributed by atoms with van der Waals surface area (Å²) < 4.78 is 5.88. The number of aryl methyl sites for hydroxylation is 1. The molecule has 16 heavy (non-hydrogen) atoms. The van der Waals surface area contributed by atoms with Gasteiger partial charge in [-0.05, 0) is 43.8 Å². The van der Waals surface area contributed by atoms with E-state index in [1.807, 2.05) is 18.4 Å². The summed E-state index contributed by atoms with van der Waals surface area (Å²) in [5.74, 6) is 0.513. The number of likely N-dealkylation sites (N-methyl/N-ethyl adjacent to an activating group) is 1. The fraction of sp³-hybridized carbons (Fsp3) is 0.692. The number of thiophene rings is 1. The van der Waals surface area contributed by atoms with Crippen molar-refractivity contribution in [2.24, 2.45) is 5.92 Å². The lowest BCUT2D eigenvalue weighted by Gasteiger charge is -2.29. The molecule has 0 saturated carbocycles. The zero-order valence-corrected chi connectivity index (χ0v) is 11.7. The molecule has 0 saturated heterocycles. The van der Waals surface area contributed by atoms with Gasteiger partial charge in [-0.15, -0.1) is 11.3 Å². The second kappa shape index (κ2) is 6.38. The molecule has 2 nitrogen and oxygen atoms in total. The van der Waals surface area contributed by atoms with E-state index >= 15 is 0 Å². The second-order valence-corrected chi connectivity index (χ2v) is 5.35. The molecule has 3 heteroatoms. The molecule has 0 bridgehead atoms. The molecule has 0 radical (unpaired) electrons. The molecule has 1 heterocycles. The summed E-state index contributed by atoms with van der Waals surface area (Å²) in [7, 11) is 2.01. The third-order valence-corrected chi connectivity index (χ3v) is 3.94. The zero-order valence-electron chi connectivity index (χ0n) is 10.9. The standard InChI is InChI=1S/C13H23NOS/c1-6-15-12(9(2)3)11(14-5)13-10(4)7-8-16-13/h7-9,11-12,14H,6H2,1-5H3. The normalized spacial score (nSPS) is 15.4. The van der Waals surface area contributed by atoms with Crippen molar-refractivity contribution in [2.75, 3.05) is 13.7 Å². The van der Waals surface area contributed by atoms with Crippen molar-refractivity contribution in [2.45, 2.75) is 39.8 Å². The summed E-state index contributed by atoms with van der Waals surface area (Å²) in [6.45, 7) is 9.43. The molecule has 92 valence electrons. The molecule has 1 aromatic heterocycles. The Morgan fingerprint density at radius 2 is 2.12 bits per heavy atom. The van der Waals surface area contributed by atoms with Gasteiger partial charge in [-0.25, -0.2) is 0 Å². The van der Waals surface area contributed by atoms with Gasteiger partial charge in [0.2, 0.25) is 0 Å². The van der Waals surface area contributed by atoms with Gasteiger partial charge < -0.3 is 10.1 Å². The van der Waals surface area contributed by atoms with E-state index in [1.165, 1.54) is 10.4 Å². The lowest BCUT2D eigenvalue weighted by molar-refractivity contribution is 0.00530. The van der Waals surface area contributed by atoms with Crippen molar-refractivity contribution in [1.82, 2.24) is 5.32 Å². The Balaban J connectivity index is 2.90. The highest BCUT2D eigenvalue weighted by atomic mass is 32.1. The molecule has 0 aliphatic rings. The molecule has 1 rings (SSSR count). The van der Waals surface area contributed by atoms with Crippen molar-refractivity contribution in [3.8, 4) is 0 Å². The van der Waals surface area contributed by atoms with Gasteiger partial charge in [0.25, 0.3) is 0 Å². The topological polar surface area (TPSA) is 21.3 Å². The van der Waals surface area contributed by atoms with Crippen LogP contribution in [0.5, 0.6) is 0 Å². The first-order valence-corrected chi connectivity index (χ1v) is 6.82. The quantitative estimate of drug-likeness (QED) is 0.824. The highest BCUT2D eigenvalue weighted by molar-refractivity contribution is 7.10. The smallest absolute Gasteiger partial charge is 0.0800 e.